The Morgan fingerprint density at radius 2 is 1.67 bits per heavy atom. The van der Waals surface area contributed by atoms with Gasteiger partial charge in [0.15, 0.2) is 0 Å². The van der Waals surface area contributed by atoms with Crippen LogP contribution in [0.15, 0.2) is 67.2 Å². The van der Waals surface area contributed by atoms with Crippen LogP contribution in [0.25, 0.3) is 16.8 Å². The Hall–Kier alpha value is -2.90. The van der Waals surface area contributed by atoms with E-state index in [1.807, 2.05) is 69.7 Å². The number of nitriles is 1. The first-order valence-electron chi connectivity index (χ1n) is 12.7. The van der Waals surface area contributed by atoms with E-state index in [1.165, 1.54) is 12.5 Å². The molecule has 2 nitrogen and oxygen atoms in total. The molecule has 1 heterocycles. The first kappa shape index (κ1) is 33.1. The Bertz CT molecular complexity index is 1070. The highest BCUT2D eigenvalue weighted by molar-refractivity contribution is 7.97. The van der Waals surface area contributed by atoms with E-state index in [2.05, 4.69) is 37.5 Å². The summed E-state index contributed by atoms with van der Waals surface area (Å²) < 4.78 is 12.5. The predicted octanol–water partition coefficient (Wildman–Crippen LogP) is 9.92. The van der Waals surface area contributed by atoms with E-state index < -0.39 is 0 Å². The summed E-state index contributed by atoms with van der Waals surface area (Å²) in [7, 11) is 0. The zero-order chi connectivity index (χ0) is 27.3. The number of aromatic nitrogens is 1. The van der Waals surface area contributed by atoms with Gasteiger partial charge in [0.25, 0.3) is 0 Å². The zero-order valence-electron chi connectivity index (χ0n) is 23.2. The van der Waals surface area contributed by atoms with Gasteiger partial charge in [0, 0.05) is 11.3 Å². The molecule has 0 spiro atoms. The van der Waals surface area contributed by atoms with E-state index in [0.717, 1.165) is 59.3 Å². The van der Waals surface area contributed by atoms with E-state index in [-0.39, 0.29) is 5.82 Å². The van der Waals surface area contributed by atoms with Crippen LogP contribution < -0.4 is 0 Å². The number of hydrogen-bond acceptors (Lipinski definition) is 3. The second-order valence-corrected chi connectivity index (χ2v) is 8.80. The summed E-state index contributed by atoms with van der Waals surface area (Å²) in [6.45, 7) is 14.4. The fraction of sp³-hybridized carbons (Fsp3) is 0.375. The first-order valence-corrected chi connectivity index (χ1v) is 14.3. The summed E-state index contributed by atoms with van der Waals surface area (Å²) in [6, 6.07) is 20.6. The highest BCUT2D eigenvalue weighted by atomic mass is 32.2. The van der Waals surface area contributed by atoms with Crippen LogP contribution in [0.4, 0.5) is 4.39 Å². The van der Waals surface area contributed by atoms with Gasteiger partial charge in [0.05, 0.1) is 17.3 Å². The molecular weight excluding hydrogens is 463 g/mol. The predicted molar refractivity (Wildman–Crippen MR) is 159 cm³/mol. The maximum atomic E-state index is 12.5. The maximum absolute atomic E-state index is 12.5. The topological polar surface area (TPSA) is 36.7 Å². The van der Waals surface area contributed by atoms with Gasteiger partial charge in [0.1, 0.15) is 5.82 Å². The lowest BCUT2D eigenvalue weighted by atomic mass is 9.98. The number of thioether (sulfide) groups is 1. The number of halogens is 1. The van der Waals surface area contributed by atoms with Gasteiger partial charge < -0.3 is 0 Å². The van der Waals surface area contributed by atoms with Gasteiger partial charge in [-0.1, -0.05) is 83.5 Å². The Labute approximate surface area is 223 Å². The average molecular weight is 507 g/mol. The minimum atomic E-state index is -0.133. The molecule has 0 saturated heterocycles. The summed E-state index contributed by atoms with van der Waals surface area (Å²) in [5.74, 6) is -0.133. The van der Waals surface area contributed by atoms with Crippen LogP contribution in [0.2, 0.25) is 0 Å². The minimum absolute atomic E-state index is 0.133. The van der Waals surface area contributed by atoms with Crippen LogP contribution in [-0.2, 0) is 6.42 Å². The van der Waals surface area contributed by atoms with E-state index in [1.54, 1.807) is 23.9 Å². The van der Waals surface area contributed by atoms with Crippen molar-refractivity contribution in [1.82, 2.24) is 4.98 Å². The van der Waals surface area contributed by atoms with Crippen molar-refractivity contribution in [2.75, 3.05) is 12.5 Å². The van der Waals surface area contributed by atoms with E-state index in [9.17, 15) is 9.65 Å². The van der Waals surface area contributed by atoms with E-state index >= 15 is 0 Å². The fourth-order valence-electron chi connectivity index (χ4n) is 3.39. The number of allylic oxidation sites excluding steroid dienone is 1. The normalized spacial score (nSPS) is 9.31. The number of unbranched alkanes of at least 4 members (excludes halogenated alkanes) is 1. The number of rotatable bonds is 7. The van der Waals surface area contributed by atoms with Crippen molar-refractivity contribution in [2.24, 2.45) is 0 Å². The molecular formula is C32H43FN2S. The number of nitrogens with zero attached hydrogens (tertiary/aromatic N) is 2. The molecule has 36 heavy (non-hydrogen) atoms. The van der Waals surface area contributed by atoms with Crippen molar-refractivity contribution in [3.63, 3.8) is 0 Å². The van der Waals surface area contributed by atoms with Gasteiger partial charge >= 0.3 is 0 Å². The van der Waals surface area contributed by atoms with Crippen LogP contribution in [-0.4, -0.2) is 17.5 Å². The third-order valence-corrected chi connectivity index (χ3v) is 5.05. The molecule has 1 aromatic heterocycles. The third-order valence-electron chi connectivity index (χ3n) is 5.05. The Morgan fingerprint density at radius 3 is 2.22 bits per heavy atom. The molecule has 0 aliphatic rings. The molecule has 0 bridgehead atoms. The molecule has 0 unspecified atom stereocenters. The molecule has 0 aliphatic heterocycles. The molecule has 4 heteroatoms. The first-order chi connectivity index (χ1) is 17.4. The molecule has 0 fully saturated rings. The molecule has 0 radical (unpaired) electrons. The van der Waals surface area contributed by atoms with Crippen molar-refractivity contribution < 1.29 is 4.39 Å². The summed E-state index contributed by atoms with van der Waals surface area (Å²) in [5.41, 5.74) is 6.71. The largest absolute Gasteiger partial charge is 0.252 e. The van der Waals surface area contributed by atoms with Gasteiger partial charge in [0.2, 0.25) is 0 Å². The lowest BCUT2D eigenvalue weighted by Crippen LogP contribution is -1.95. The number of benzene rings is 2. The van der Waals surface area contributed by atoms with Crippen molar-refractivity contribution >= 4 is 17.3 Å². The Morgan fingerprint density at radius 1 is 1.00 bits per heavy atom. The number of pyridine rings is 1. The molecule has 3 rings (SSSR count). The van der Waals surface area contributed by atoms with Gasteiger partial charge in [-0.15, -0.1) is 0 Å². The van der Waals surface area contributed by atoms with E-state index in [0.29, 0.717) is 5.56 Å². The minimum Gasteiger partial charge on any atom is -0.252 e. The van der Waals surface area contributed by atoms with Gasteiger partial charge in [-0.3, -0.25) is 4.98 Å². The molecule has 0 N–H and O–H groups in total. The van der Waals surface area contributed by atoms with Crippen LogP contribution in [0.5, 0.6) is 0 Å². The monoisotopic (exact) mass is 506 g/mol. The molecule has 3 aromatic rings. The second kappa shape index (κ2) is 20.3. The quantitative estimate of drug-likeness (QED) is 0.320. The molecule has 0 amide bonds. The lowest BCUT2D eigenvalue weighted by Gasteiger charge is -2.11. The number of hydrogen-bond donors (Lipinski definition) is 0. The maximum Gasteiger partial charge on any atom is 0.123 e. The standard InChI is InChI=1S/C19H20N2.C9H11F.C2H6S.C2H6/c1-4-5-8-14(2)17-11-12-19(21-15(17)3)18-10-7-6-9-16(18)13-20;1-2-4-8-5-3-6-9(10)7-8;1-3-2;1-2/h6-7,9-12H,2,4-5,8H2,1,3H3;3,5-7H,2,4H2,1H3;1-2H3;1-2H3. The SMILES string of the molecule is C=C(CCCC)c1ccc(-c2ccccc2C#N)nc1C.CC.CCCc1cccc(F)c1.CSC. The molecule has 0 saturated carbocycles. The van der Waals surface area contributed by atoms with Crippen molar-refractivity contribution in [1.29, 1.82) is 5.26 Å². The van der Waals surface area contributed by atoms with Crippen molar-refractivity contribution in [3.05, 3.63) is 95.4 Å². The van der Waals surface area contributed by atoms with Gasteiger partial charge in [-0.05, 0) is 79.7 Å². The van der Waals surface area contributed by atoms with Gasteiger partial charge in [-0.2, -0.15) is 17.0 Å². The summed E-state index contributed by atoms with van der Waals surface area (Å²) in [5, 5.41) is 9.20. The lowest BCUT2D eigenvalue weighted by molar-refractivity contribution is 0.625. The highest BCUT2D eigenvalue weighted by Gasteiger charge is 2.09. The Balaban J connectivity index is 0.000000679. The van der Waals surface area contributed by atoms with Crippen LogP contribution in [0.1, 0.15) is 75.8 Å². The summed E-state index contributed by atoms with van der Waals surface area (Å²) in [4.78, 5) is 4.67. The van der Waals surface area contributed by atoms with Crippen LogP contribution in [0, 0.1) is 24.1 Å². The Kier molecular flexibility index (Phi) is 18.7. The highest BCUT2D eigenvalue weighted by Crippen LogP contribution is 2.26. The van der Waals surface area contributed by atoms with E-state index in [4.69, 9.17) is 0 Å². The third kappa shape index (κ3) is 12.2. The molecule has 0 aliphatic carbocycles. The van der Waals surface area contributed by atoms with Crippen molar-refractivity contribution in [3.8, 4) is 17.3 Å². The zero-order valence-corrected chi connectivity index (χ0v) is 24.0. The number of aryl methyl sites for hydroxylation is 2. The summed E-state index contributed by atoms with van der Waals surface area (Å²) in [6.07, 6.45) is 9.45. The second-order valence-electron chi connectivity index (χ2n) is 7.98. The molecule has 2 aromatic carbocycles. The van der Waals surface area contributed by atoms with Crippen molar-refractivity contribution in [2.45, 2.75) is 66.7 Å². The van der Waals surface area contributed by atoms with Gasteiger partial charge in [-0.25, -0.2) is 4.39 Å². The van der Waals surface area contributed by atoms with Crippen LogP contribution >= 0.6 is 11.8 Å². The smallest absolute Gasteiger partial charge is 0.123 e. The average Bonchev–Trinajstić information content (AvgIpc) is 2.89. The summed E-state index contributed by atoms with van der Waals surface area (Å²) >= 11 is 1.75. The molecule has 0 atom stereocenters. The fourth-order valence-corrected chi connectivity index (χ4v) is 3.39. The molecule has 194 valence electrons. The van der Waals surface area contributed by atoms with Crippen LogP contribution in [0.3, 0.4) is 0 Å².